The number of aryl methyl sites for hydroxylation is 1. The third-order valence-corrected chi connectivity index (χ3v) is 7.22. The monoisotopic (exact) mass is 492 g/mol. The van der Waals surface area contributed by atoms with Crippen LogP contribution in [0.1, 0.15) is 60.8 Å². The van der Waals surface area contributed by atoms with Crippen molar-refractivity contribution < 1.29 is 0 Å². The zero-order valence-corrected chi connectivity index (χ0v) is 20.8. The molecule has 0 aliphatic heterocycles. The van der Waals surface area contributed by atoms with E-state index in [0.717, 1.165) is 59.7 Å². The van der Waals surface area contributed by atoms with Gasteiger partial charge in [0, 0.05) is 27.9 Å². The molecular weight excluding hydrogens is 467 g/mol. The van der Waals surface area contributed by atoms with E-state index in [1.54, 1.807) is 12.3 Å². The quantitative estimate of drug-likeness (QED) is 0.286. The number of aromatic nitrogens is 3. The summed E-state index contributed by atoms with van der Waals surface area (Å²) in [7, 11) is 0. The summed E-state index contributed by atoms with van der Waals surface area (Å²) < 4.78 is 3.59. The molecule has 2 aromatic carbocycles. The summed E-state index contributed by atoms with van der Waals surface area (Å²) in [6.07, 6.45) is 7.36. The van der Waals surface area contributed by atoms with Gasteiger partial charge in [0.05, 0.1) is 27.8 Å². The highest BCUT2D eigenvalue weighted by atomic mass is 35.5. The number of benzene rings is 2. The number of hydrogen-bond donors (Lipinski definition) is 0. The van der Waals surface area contributed by atoms with Crippen LogP contribution in [0, 0.1) is 13.8 Å². The third-order valence-electron chi connectivity index (χ3n) is 6.68. The Labute approximate surface area is 208 Å². The first-order valence-electron chi connectivity index (χ1n) is 11.6. The van der Waals surface area contributed by atoms with Gasteiger partial charge < -0.3 is 4.57 Å². The zero-order chi connectivity index (χ0) is 23.8. The van der Waals surface area contributed by atoms with E-state index in [1.807, 2.05) is 56.3 Å². The number of rotatable bonds is 4. The van der Waals surface area contributed by atoms with Gasteiger partial charge in [0.25, 0.3) is 5.56 Å². The van der Waals surface area contributed by atoms with Gasteiger partial charge in [0.2, 0.25) is 0 Å². The van der Waals surface area contributed by atoms with Crippen LogP contribution in [0.4, 0.5) is 0 Å². The highest BCUT2D eigenvalue weighted by Crippen LogP contribution is 2.32. The molecule has 0 saturated heterocycles. The topological polar surface area (TPSA) is 52.2 Å². The molecule has 0 N–H and O–H groups in total. The molecule has 7 heteroatoms. The highest BCUT2D eigenvalue weighted by molar-refractivity contribution is 6.35. The maximum Gasteiger partial charge on any atom is 0.282 e. The van der Waals surface area contributed by atoms with E-state index in [1.165, 1.54) is 11.1 Å². The van der Waals surface area contributed by atoms with Crippen molar-refractivity contribution in [3.8, 4) is 5.69 Å². The van der Waals surface area contributed by atoms with E-state index in [0.29, 0.717) is 15.4 Å². The number of hydrogen-bond acceptors (Lipinski definition) is 3. The largest absolute Gasteiger partial charge is 0.316 e. The molecule has 0 amide bonds. The SMILES string of the molecule is Cc1cc(C=Nn2c(C3CCCCC3)nc3ccccc3c2=O)c(C)n1-c1ccc(Cl)cc1Cl. The molecule has 1 saturated carbocycles. The van der Waals surface area contributed by atoms with Crippen LogP contribution in [0.3, 0.4) is 0 Å². The lowest BCUT2D eigenvalue weighted by Gasteiger charge is -2.22. The van der Waals surface area contributed by atoms with Crippen LogP contribution in [-0.4, -0.2) is 20.4 Å². The van der Waals surface area contributed by atoms with E-state index >= 15 is 0 Å². The predicted octanol–water partition coefficient (Wildman–Crippen LogP) is 7.04. The Morgan fingerprint density at radius 3 is 2.56 bits per heavy atom. The lowest BCUT2D eigenvalue weighted by molar-refractivity contribution is 0.416. The second-order valence-electron chi connectivity index (χ2n) is 8.94. The number of halogens is 2. The Morgan fingerprint density at radius 1 is 1.03 bits per heavy atom. The van der Waals surface area contributed by atoms with Crippen LogP contribution in [0.25, 0.3) is 16.6 Å². The molecule has 1 aliphatic rings. The molecule has 0 atom stereocenters. The van der Waals surface area contributed by atoms with Crippen molar-refractivity contribution in [2.24, 2.45) is 5.10 Å². The first-order valence-corrected chi connectivity index (χ1v) is 12.4. The summed E-state index contributed by atoms with van der Waals surface area (Å²) in [6.45, 7) is 4.04. The number of para-hydroxylation sites is 1. The van der Waals surface area contributed by atoms with Gasteiger partial charge in [-0.15, -0.1) is 0 Å². The fraction of sp³-hybridized carbons (Fsp3) is 0.296. The lowest BCUT2D eigenvalue weighted by Crippen LogP contribution is -2.25. The molecule has 0 bridgehead atoms. The second-order valence-corrected chi connectivity index (χ2v) is 9.78. The molecule has 0 unspecified atom stereocenters. The lowest BCUT2D eigenvalue weighted by atomic mass is 9.88. The normalized spacial score (nSPS) is 14.9. The summed E-state index contributed by atoms with van der Waals surface area (Å²) >= 11 is 12.6. The molecule has 2 aromatic heterocycles. The average molecular weight is 493 g/mol. The summed E-state index contributed by atoms with van der Waals surface area (Å²) in [6, 6.07) is 15.0. The Morgan fingerprint density at radius 2 is 1.79 bits per heavy atom. The minimum absolute atomic E-state index is 0.128. The van der Waals surface area contributed by atoms with E-state index < -0.39 is 0 Å². The molecular formula is C27H26Cl2N4O. The van der Waals surface area contributed by atoms with Crippen LogP contribution in [0.5, 0.6) is 0 Å². The molecule has 5 rings (SSSR count). The van der Waals surface area contributed by atoms with E-state index in [-0.39, 0.29) is 11.5 Å². The molecule has 34 heavy (non-hydrogen) atoms. The maximum absolute atomic E-state index is 13.4. The van der Waals surface area contributed by atoms with Gasteiger partial charge in [-0.05, 0) is 63.1 Å². The highest BCUT2D eigenvalue weighted by Gasteiger charge is 2.22. The van der Waals surface area contributed by atoms with Crippen LogP contribution in [0.2, 0.25) is 10.0 Å². The minimum atomic E-state index is -0.128. The molecule has 2 heterocycles. The van der Waals surface area contributed by atoms with Crippen molar-refractivity contribution >= 4 is 40.3 Å². The van der Waals surface area contributed by atoms with Crippen LogP contribution in [-0.2, 0) is 0 Å². The van der Waals surface area contributed by atoms with Crippen molar-refractivity contribution in [3.05, 3.63) is 91.7 Å². The smallest absolute Gasteiger partial charge is 0.282 e. The van der Waals surface area contributed by atoms with Crippen molar-refractivity contribution in [2.75, 3.05) is 0 Å². The van der Waals surface area contributed by atoms with Crippen LogP contribution >= 0.6 is 23.2 Å². The minimum Gasteiger partial charge on any atom is -0.316 e. The zero-order valence-electron chi connectivity index (χ0n) is 19.3. The molecule has 5 nitrogen and oxygen atoms in total. The fourth-order valence-corrected chi connectivity index (χ4v) is 5.44. The number of fused-ring (bicyclic) bond motifs is 1. The Hall–Kier alpha value is -2.89. The van der Waals surface area contributed by atoms with Gasteiger partial charge in [-0.1, -0.05) is 54.6 Å². The van der Waals surface area contributed by atoms with E-state index in [4.69, 9.17) is 33.3 Å². The first kappa shape index (κ1) is 22.9. The van der Waals surface area contributed by atoms with Crippen LogP contribution in [0.15, 0.2) is 58.4 Å². The Balaban J connectivity index is 1.61. The average Bonchev–Trinajstić information content (AvgIpc) is 3.12. The molecule has 4 aromatic rings. The number of nitrogens with zero attached hydrogens (tertiary/aromatic N) is 4. The summed E-state index contributed by atoms with van der Waals surface area (Å²) in [5.41, 5.74) is 4.37. The molecule has 1 fully saturated rings. The van der Waals surface area contributed by atoms with Gasteiger partial charge in [0.1, 0.15) is 5.82 Å². The maximum atomic E-state index is 13.4. The second kappa shape index (κ2) is 9.40. The van der Waals surface area contributed by atoms with E-state index in [2.05, 4.69) is 4.57 Å². The van der Waals surface area contributed by atoms with Gasteiger partial charge in [-0.3, -0.25) is 4.79 Å². The van der Waals surface area contributed by atoms with Crippen molar-refractivity contribution in [3.63, 3.8) is 0 Å². The van der Waals surface area contributed by atoms with Crippen molar-refractivity contribution in [2.45, 2.75) is 51.9 Å². The standard InChI is InChI=1S/C27H26Cl2N4O/c1-17-14-20(18(2)32(17)25-13-12-21(28)15-23(25)29)16-30-33-26(19-8-4-3-5-9-19)31-24-11-7-6-10-22(24)27(33)34/h6-7,10-16,19H,3-5,8-9H2,1-2H3. The Bertz CT molecular complexity index is 1460. The first-order chi connectivity index (χ1) is 16.4. The van der Waals surface area contributed by atoms with Gasteiger partial charge in [-0.25, -0.2) is 4.98 Å². The molecule has 0 radical (unpaired) electrons. The van der Waals surface area contributed by atoms with Crippen molar-refractivity contribution in [1.29, 1.82) is 0 Å². The van der Waals surface area contributed by atoms with Crippen LogP contribution < -0.4 is 5.56 Å². The van der Waals surface area contributed by atoms with Gasteiger partial charge in [-0.2, -0.15) is 9.78 Å². The molecule has 0 spiro atoms. The molecule has 1 aliphatic carbocycles. The summed E-state index contributed by atoms with van der Waals surface area (Å²) in [5.74, 6) is 0.998. The summed E-state index contributed by atoms with van der Waals surface area (Å²) in [4.78, 5) is 18.3. The Kier molecular flexibility index (Phi) is 6.32. The van der Waals surface area contributed by atoms with Gasteiger partial charge in [0.15, 0.2) is 0 Å². The predicted molar refractivity (Wildman–Crippen MR) is 140 cm³/mol. The van der Waals surface area contributed by atoms with Gasteiger partial charge >= 0.3 is 0 Å². The van der Waals surface area contributed by atoms with E-state index in [9.17, 15) is 4.79 Å². The third kappa shape index (κ3) is 4.19. The van der Waals surface area contributed by atoms with Crippen molar-refractivity contribution in [1.82, 2.24) is 14.2 Å². The molecule has 174 valence electrons. The fourth-order valence-electron chi connectivity index (χ4n) is 4.95. The summed E-state index contributed by atoms with van der Waals surface area (Å²) in [5, 5.41) is 6.45.